The summed E-state index contributed by atoms with van der Waals surface area (Å²) in [5, 5.41) is 5.04. The lowest BCUT2D eigenvalue weighted by atomic mass is 10.0. The summed E-state index contributed by atoms with van der Waals surface area (Å²) in [6.45, 7) is 1.99. The molecule has 0 aliphatic carbocycles. The quantitative estimate of drug-likeness (QED) is 0.768. The first kappa shape index (κ1) is 15.9. The van der Waals surface area contributed by atoms with Crippen LogP contribution in [0.25, 0.3) is 0 Å². The average molecular weight is 328 g/mol. The van der Waals surface area contributed by atoms with Crippen LogP contribution in [0, 0.1) is 0 Å². The third-order valence-electron chi connectivity index (χ3n) is 3.11. The summed E-state index contributed by atoms with van der Waals surface area (Å²) >= 11 is 12.3. The van der Waals surface area contributed by atoms with Crippen LogP contribution in [0.5, 0.6) is 0 Å². The summed E-state index contributed by atoms with van der Waals surface area (Å²) in [6.07, 6.45) is 1.77. The maximum atomic E-state index is 12.0. The Morgan fingerprint density at radius 3 is 2.57 bits per heavy atom. The largest absolute Gasteiger partial charge is 0.465 e. The minimum absolute atomic E-state index is 0.316. The standard InChI is InChI=1S/C15H15Cl2NO3/c1-3-5-13-14(15(19)20-2)12(18-21-13)8-9-10(16)6-4-7-11(9)17/h4,6-7H,3,5,8H2,1-2H3. The van der Waals surface area contributed by atoms with E-state index in [1.54, 1.807) is 18.2 Å². The zero-order chi connectivity index (χ0) is 15.4. The van der Waals surface area contributed by atoms with Crippen LogP contribution in [0.1, 0.15) is 40.7 Å². The molecule has 0 fully saturated rings. The Bertz CT molecular complexity index is 632. The van der Waals surface area contributed by atoms with Crippen LogP contribution >= 0.6 is 23.2 Å². The number of carbonyl (C=O) groups excluding carboxylic acids is 1. The number of rotatable bonds is 5. The van der Waals surface area contributed by atoms with Gasteiger partial charge in [0.15, 0.2) is 5.76 Å². The molecule has 21 heavy (non-hydrogen) atoms. The van der Waals surface area contributed by atoms with Gasteiger partial charge in [-0.2, -0.15) is 0 Å². The van der Waals surface area contributed by atoms with Gasteiger partial charge in [0.1, 0.15) is 11.3 Å². The number of nitrogens with zero attached hydrogens (tertiary/aromatic N) is 1. The Morgan fingerprint density at radius 2 is 2.00 bits per heavy atom. The molecule has 0 N–H and O–H groups in total. The highest BCUT2D eigenvalue weighted by Gasteiger charge is 2.24. The second-order valence-electron chi connectivity index (χ2n) is 4.55. The van der Waals surface area contributed by atoms with Gasteiger partial charge in [-0.05, 0) is 24.1 Å². The van der Waals surface area contributed by atoms with Gasteiger partial charge in [0.2, 0.25) is 0 Å². The van der Waals surface area contributed by atoms with Gasteiger partial charge in [-0.15, -0.1) is 0 Å². The molecule has 1 heterocycles. The van der Waals surface area contributed by atoms with Gasteiger partial charge in [-0.25, -0.2) is 4.79 Å². The van der Waals surface area contributed by atoms with E-state index in [1.807, 2.05) is 6.92 Å². The number of hydrogen-bond donors (Lipinski definition) is 0. The first-order valence-corrected chi connectivity index (χ1v) is 7.32. The Labute approximate surface area is 133 Å². The van der Waals surface area contributed by atoms with Gasteiger partial charge in [-0.1, -0.05) is 41.3 Å². The fraction of sp³-hybridized carbons (Fsp3) is 0.333. The van der Waals surface area contributed by atoms with Crippen LogP contribution in [-0.2, 0) is 17.6 Å². The van der Waals surface area contributed by atoms with Crippen molar-refractivity contribution in [2.45, 2.75) is 26.2 Å². The first-order chi connectivity index (χ1) is 10.1. The van der Waals surface area contributed by atoms with E-state index < -0.39 is 5.97 Å². The molecular weight excluding hydrogens is 313 g/mol. The fourth-order valence-corrected chi connectivity index (χ4v) is 2.61. The second kappa shape index (κ2) is 6.96. The molecule has 0 amide bonds. The Kier molecular flexibility index (Phi) is 5.26. The molecule has 4 nitrogen and oxygen atoms in total. The number of halogens is 2. The van der Waals surface area contributed by atoms with Crippen molar-refractivity contribution in [1.82, 2.24) is 5.16 Å². The molecule has 2 aromatic rings. The summed E-state index contributed by atoms with van der Waals surface area (Å²) in [5.41, 5.74) is 1.57. The number of carbonyl (C=O) groups is 1. The molecule has 6 heteroatoms. The minimum atomic E-state index is -0.460. The van der Waals surface area contributed by atoms with Gasteiger partial charge in [0.25, 0.3) is 0 Å². The number of ether oxygens (including phenoxy) is 1. The smallest absolute Gasteiger partial charge is 0.343 e. The van der Waals surface area contributed by atoms with Gasteiger partial charge in [-0.3, -0.25) is 0 Å². The summed E-state index contributed by atoms with van der Waals surface area (Å²) in [4.78, 5) is 12.0. The zero-order valence-corrected chi connectivity index (χ0v) is 13.3. The Morgan fingerprint density at radius 1 is 1.33 bits per heavy atom. The summed E-state index contributed by atoms with van der Waals surface area (Å²) in [5.74, 6) is 0.0698. The van der Waals surface area contributed by atoms with Crippen LogP contribution in [0.15, 0.2) is 22.7 Å². The molecule has 0 aliphatic heterocycles. The SMILES string of the molecule is CCCc1onc(Cc2c(Cl)cccc2Cl)c1C(=O)OC. The van der Waals surface area contributed by atoms with Crippen molar-refractivity contribution in [3.8, 4) is 0 Å². The minimum Gasteiger partial charge on any atom is -0.465 e. The monoisotopic (exact) mass is 327 g/mol. The van der Waals surface area contributed by atoms with Crippen LogP contribution in [-0.4, -0.2) is 18.2 Å². The number of benzene rings is 1. The Hall–Kier alpha value is -1.52. The van der Waals surface area contributed by atoms with Gasteiger partial charge in [0.05, 0.1) is 7.11 Å². The van der Waals surface area contributed by atoms with Crippen LogP contribution < -0.4 is 0 Å². The maximum Gasteiger partial charge on any atom is 0.343 e. The van der Waals surface area contributed by atoms with Crippen molar-refractivity contribution in [1.29, 1.82) is 0 Å². The molecule has 0 unspecified atom stereocenters. The van der Waals surface area contributed by atoms with Crippen molar-refractivity contribution in [3.63, 3.8) is 0 Å². The van der Waals surface area contributed by atoms with Crippen molar-refractivity contribution in [2.75, 3.05) is 7.11 Å². The maximum absolute atomic E-state index is 12.0. The van der Waals surface area contributed by atoms with Gasteiger partial charge in [0, 0.05) is 22.9 Å². The van der Waals surface area contributed by atoms with E-state index in [0.717, 1.165) is 6.42 Å². The third kappa shape index (κ3) is 3.39. The third-order valence-corrected chi connectivity index (χ3v) is 3.81. The van der Waals surface area contributed by atoms with E-state index in [-0.39, 0.29) is 0 Å². The molecule has 112 valence electrons. The highest BCUT2D eigenvalue weighted by Crippen LogP contribution is 2.28. The lowest BCUT2D eigenvalue weighted by molar-refractivity contribution is 0.0597. The number of esters is 1. The molecule has 0 bridgehead atoms. The predicted octanol–water partition coefficient (Wildman–Crippen LogP) is 4.31. The van der Waals surface area contributed by atoms with E-state index in [9.17, 15) is 4.79 Å². The first-order valence-electron chi connectivity index (χ1n) is 6.57. The van der Waals surface area contributed by atoms with Crippen molar-refractivity contribution in [3.05, 3.63) is 50.8 Å². The van der Waals surface area contributed by atoms with Gasteiger partial charge < -0.3 is 9.26 Å². The van der Waals surface area contributed by atoms with E-state index in [4.69, 9.17) is 32.5 Å². The van der Waals surface area contributed by atoms with Crippen molar-refractivity contribution < 1.29 is 14.1 Å². The molecule has 0 saturated carbocycles. The summed E-state index contributed by atoms with van der Waals surface area (Å²) < 4.78 is 10.1. The Balaban J connectivity index is 2.42. The van der Waals surface area contributed by atoms with E-state index in [1.165, 1.54) is 7.11 Å². The van der Waals surface area contributed by atoms with Crippen LogP contribution in [0.2, 0.25) is 10.0 Å². The molecule has 0 radical (unpaired) electrons. The summed E-state index contributed by atoms with van der Waals surface area (Å²) in [7, 11) is 1.33. The lowest BCUT2D eigenvalue weighted by Crippen LogP contribution is -2.07. The van der Waals surface area contributed by atoms with Crippen molar-refractivity contribution >= 4 is 29.2 Å². The number of methoxy groups -OCH3 is 1. The van der Waals surface area contributed by atoms with Crippen LogP contribution in [0.3, 0.4) is 0 Å². The molecule has 0 aliphatic rings. The highest BCUT2D eigenvalue weighted by atomic mass is 35.5. The molecule has 0 spiro atoms. The normalized spacial score (nSPS) is 10.7. The van der Waals surface area contributed by atoms with Crippen molar-refractivity contribution in [2.24, 2.45) is 0 Å². The average Bonchev–Trinajstić information content (AvgIpc) is 2.85. The number of aryl methyl sites for hydroxylation is 1. The molecule has 0 atom stereocenters. The lowest BCUT2D eigenvalue weighted by Gasteiger charge is -2.06. The molecule has 1 aromatic heterocycles. The summed E-state index contributed by atoms with van der Waals surface area (Å²) in [6, 6.07) is 5.25. The van der Waals surface area contributed by atoms with E-state index in [0.29, 0.717) is 45.5 Å². The zero-order valence-electron chi connectivity index (χ0n) is 11.8. The number of aromatic nitrogens is 1. The predicted molar refractivity (Wildman–Crippen MR) is 81.1 cm³/mol. The van der Waals surface area contributed by atoms with Crippen LogP contribution in [0.4, 0.5) is 0 Å². The fourth-order valence-electron chi connectivity index (χ4n) is 2.08. The number of hydrogen-bond acceptors (Lipinski definition) is 4. The van der Waals surface area contributed by atoms with E-state index >= 15 is 0 Å². The molecule has 2 rings (SSSR count). The molecule has 0 saturated heterocycles. The van der Waals surface area contributed by atoms with Gasteiger partial charge >= 0.3 is 5.97 Å². The highest BCUT2D eigenvalue weighted by molar-refractivity contribution is 6.36. The molecule has 1 aromatic carbocycles. The van der Waals surface area contributed by atoms with E-state index in [2.05, 4.69) is 5.16 Å². The molecular formula is C15H15Cl2NO3. The second-order valence-corrected chi connectivity index (χ2v) is 5.36. The topological polar surface area (TPSA) is 52.3 Å².